The predicted octanol–water partition coefficient (Wildman–Crippen LogP) is 0.602. The number of hydrogen-bond acceptors (Lipinski definition) is 3. The molecule has 1 fully saturated rings. The zero-order valence-electron chi connectivity index (χ0n) is 8.61. The van der Waals surface area contributed by atoms with Crippen LogP contribution in [0.4, 0.5) is 0 Å². The Bertz CT molecular complexity index is 132. The van der Waals surface area contributed by atoms with E-state index in [2.05, 4.69) is 4.90 Å². The molecule has 1 heterocycles. The Morgan fingerprint density at radius 3 is 2.54 bits per heavy atom. The number of aliphatic hydroxyl groups excluding tert-OH is 2. The van der Waals surface area contributed by atoms with Gasteiger partial charge in [-0.3, -0.25) is 4.90 Å². The Kier molecular flexibility index (Phi) is 4.16. The van der Waals surface area contributed by atoms with Gasteiger partial charge in [-0.05, 0) is 39.7 Å². The van der Waals surface area contributed by atoms with Gasteiger partial charge in [-0.25, -0.2) is 0 Å². The molecule has 0 radical (unpaired) electrons. The van der Waals surface area contributed by atoms with Crippen LogP contribution < -0.4 is 0 Å². The fraction of sp³-hybridized carbons (Fsp3) is 1.00. The van der Waals surface area contributed by atoms with E-state index >= 15 is 0 Å². The molecule has 1 aliphatic rings. The van der Waals surface area contributed by atoms with Gasteiger partial charge in [-0.2, -0.15) is 0 Å². The number of hydrogen-bond donors (Lipinski definition) is 2. The highest BCUT2D eigenvalue weighted by molar-refractivity contribution is 4.81. The van der Waals surface area contributed by atoms with Crippen LogP contribution in [0.1, 0.15) is 33.1 Å². The molecule has 0 spiro atoms. The lowest BCUT2D eigenvalue weighted by molar-refractivity contribution is 0.0917. The normalized spacial score (nSPS) is 29.1. The number of β-amino-alcohol motifs (C(OH)–C–C–N with tert-alkyl or cyclic N) is 1. The second kappa shape index (κ2) is 4.94. The highest BCUT2D eigenvalue weighted by Gasteiger charge is 2.25. The number of likely N-dealkylation sites (tertiary alicyclic amines) is 1. The summed E-state index contributed by atoms with van der Waals surface area (Å²) in [4.78, 5) is 2.29. The van der Waals surface area contributed by atoms with Crippen LogP contribution >= 0.6 is 0 Å². The van der Waals surface area contributed by atoms with Gasteiger partial charge < -0.3 is 10.2 Å². The third-order valence-electron chi connectivity index (χ3n) is 2.61. The Morgan fingerprint density at radius 2 is 2.00 bits per heavy atom. The summed E-state index contributed by atoms with van der Waals surface area (Å²) in [5, 5.41) is 18.5. The SMILES string of the molecule is CC(O)CC1CCCN1CC(C)O. The first kappa shape index (κ1) is 11.0. The van der Waals surface area contributed by atoms with E-state index in [1.165, 1.54) is 6.42 Å². The average molecular weight is 187 g/mol. The van der Waals surface area contributed by atoms with E-state index in [4.69, 9.17) is 0 Å². The second-order valence-corrected chi connectivity index (χ2v) is 4.22. The van der Waals surface area contributed by atoms with Crippen molar-refractivity contribution >= 4 is 0 Å². The molecule has 0 saturated carbocycles. The third kappa shape index (κ3) is 3.63. The molecule has 0 aromatic rings. The molecule has 0 aliphatic carbocycles. The van der Waals surface area contributed by atoms with E-state index in [1.807, 2.05) is 13.8 Å². The lowest BCUT2D eigenvalue weighted by Crippen LogP contribution is -2.36. The summed E-state index contributed by atoms with van der Waals surface area (Å²) >= 11 is 0. The van der Waals surface area contributed by atoms with Crippen molar-refractivity contribution in [1.29, 1.82) is 0 Å². The standard InChI is InChI=1S/C10H21NO2/c1-8(12)6-10-4-3-5-11(10)7-9(2)13/h8-10,12-13H,3-7H2,1-2H3. The topological polar surface area (TPSA) is 43.7 Å². The van der Waals surface area contributed by atoms with Gasteiger partial charge in [0, 0.05) is 12.6 Å². The van der Waals surface area contributed by atoms with Crippen LogP contribution in [0.5, 0.6) is 0 Å². The van der Waals surface area contributed by atoms with Crippen molar-refractivity contribution in [2.24, 2.45) is 0 Å². The summed E-state index contributed by atoms with van der Waals surface area (Å²) in [5.74, 6) is 0. The maximum Gasteiger partial charge on any atom is 0.0639 e. The van der Waals surface area contributed by atoms with E-state index in [0.717, 1.165) is 25.9 Å². The molecule has 2 N–H and O–H groups in total. The zero-order chi connectivity index (χ0) is 9.84. The number of nitrogens with zero attached hydrogens (tertiary/aromatic N) is 1. The summed E-state index contributed by atoms with van der Waals surface area (Å²) in [7, 11) is 0. The van der Waals surface area contributed by atoms with E-state index in [1.54, 1.807) is 0 Å². The van der Waals surface area contributed by atoms with Crippen LogP contribution in [0.25, 0.3) is 0 Å². The van der Waals surface area contributed by atoms with Crippen LogP contribution in [-0.4, -0.2) is 46.5 Å². The Hall–Kier alpha value is -0.120. The van der Waals surface area contributed by atoms with Crippen molar-refractivity contribution in [3.8, 4) is 0 Å². The lowest BCUT2D eigenvalue weighted by atomic mass is 10.1. The number of aliphatic hydroxyl groups is 2. The van der Waals surface area contributed by atoms with Crippen molar-refractivity contribution in [3.63, 3.8) is 0 Å². The van der Waals surface area contributed by atoms with Crippen molar-refractivity contribution in [2.75, 3.05) is 13.1 Å². The molecule has 0 amide bonds. The average Bonchev–Trinajstić information content (AvgIpc) is 2.34. The van der Waals surface area contributed by atoms with Gasteiger partial charge in [0.1, 0.15) is 0 Å². The van der Waals surface area contributed by atoms with Crippen LogP contribution in [0, 0.1) is 0 Å². The van der Waals surface area contributed by atoms with Crippen molar-refractivity contribution in [2.45, 2.75) is 51.4 Å². The molecule has 3 unspecified atom stereocenters. The minimum Gasteiger partial charge on any atom is -0.393 e. The van der Waals surface area contributed by atoms with Crippen molar-refractivity contribution < 1.29 is 10.2 Å². The Morgan fingerprint density at radius 1 is 1.31 bits per heavy atom. The highest BCUT2D eigenvalue weighted by Crippen LogP contribution is 2.21. The van der Waals surface area contributed by atoms with E-state index < -0.39 is 0 Å². The minimum atomic E-state index is -0.255. The molecule has 0 aromatic carbocycles. The largest absolute Gasteiger partial charge is 0.393 e. The maximum absolute atomic E-state index is 9.28. The van der Waals surface area contributed by atoms with Crippen LogP contribution in [-0.2, 0) is 0 Å². The molecule has 3 atom stereocenters. The molecule has 0 bridgehead atoms. The molecular weight excluding hydrogens is 166 g/mol. The summed E-state index contributed by atoms with van der Waals surface area (Å²) in [5.41, 5.74) is 0. The summed E-state index contributed by atoms with van der Waals surface area (Å²) in [6.45, 7) is 5.47. The first-order valence-electron chi connectivity index (χ1n) is 5.19. The summed E-state index contributed by atoms with van der Waals surface area (Å²) in [6, 6.07) is 0.481. The van der Waals surface area contributed by atoms with Crippen molar-refractivity contribution in [1.82, 2.24) is 4.90 Å². The van der Waals surface area contributed by atoms with Gasteiger partial charge in [-0.15, -0.1) is 0 Å². The summed E-state index contributed by atoms with van der Waals surface area (Å²) in [6.07, 6.45) is 2.73. The van der Waals surface area contributed by atoms with Crippen LogP contribution in [0.3, 0.4) is 0 Å². The molecule has 1 saturated heterocycles. The molecular formula is C10H21NO2. The zero-order valence-corrected chi connectivity index (χ0v) is 8.61. The number of rotatable bonds is 4. The Balaban J connectivity index is 2.35. The third-order valence-corrected chi connectivity index (χ3v) is 2.61. The molecule has 78 valence electrons. The van der Waals surface area contributed by atoms with Gasteiger partial charge in [-0.1, -0.05) is 0 Å². The van der Waals surface area contributed by atoms with E-state index in [0.29, 0.717) is 6.04 Å². The molecule has 13 heavy (non-hydrogen) atoms. The first-order valence-corrected chi connectivity index (χ1v) is 5.19. The van der Waals surface area contributed by atoms with E-state index in [9.17, 15) is 10.2 Å². The highest BCUT2D eigenvalue weighted by atomic mass is 16.3. The smallest absolute Gasteiger partial charge is 0.0639 e. The van der Waals surface area contributed by atoms with Crippen molar-refractivity contribution in [3.05, 3.63) is 0 Å². The molecule has 1 rings (SSSR count). The van der Waals surface area contributed by atoms with Crippen LogP contribution in [0.15, 0.2) is 0 Å². The Labute approximate surface area is 80.4 Å². The molecule has 3 heteroatoms. The van der Waals surface area contributed by atoms with Gasteiger partial charge in [0.25, 0.3) is 0 Å². The van der Waals surface area contributed by atoms with Gasteiger partial charge in [0.05, 0.1) is 12.2 Å². The first-order chi connectivity index (χ1) is 6.09. The van der Waals surface area contributed by atoms with E-state index in [-0.39, 0.29) is 12.2 Å². The predicted molar refractivity (Wildman–Crippen MR) is 52.6 cm³/mol. The molecule has 3 nitrogen and oxygen atoms in total. The molecule has 0 aromatic heterocycles. The van der Waals surface area contributed by atoms with Crippen LogP contribution in [0.2, 0.25) is 0 Å². The minimum absolute atomic E-state index is 0.223. The fourth-order valence-corrected chi connectivity index (χ4v) is 2.14. The fourth-order valence-electron chi connectivity index (χ4n) is 2.14. The maximum atomic E-state index is 9.28. The quantitative estimate of drug-likeness (QED) is 0.677. The van der Waals surface area contributed by atoms with Gasteiger partial charge in [0.15, 0.2) is 0 Å². The monoisotopic (exact) mass is 187 g/mol. The van der Waals surface area contributed by atoms with Gasteiger partial charge >= 0.3 is 0 Å². The lowest BCUT2D eigenvalue weighted by Gasteiger charge is -2.26. The van der Waals surface area contributed by atoms with Gasteiger partial charge in [0.2, 0.25) is 0 Å². The molecule has 1 aliphatic heterocycles. The second-order valence-electron chi connectivity index (χ2n) is 4.22. The summed E-state index contributed by atoms with van der Waals surface area (Å²) < 4.78 is 0.